The Morgan fingerprint density at radius 3 is 2.03 bits per heavy atom. The molecule has 0 spiro atoms. The van der Waals surface area contributed by atoms with Crippen LogP contribution in [0.1, 0.15) is 27.2 Å². The molecular weight excluding hydrogens is 458 g/mol. The Bertz CT molecular complexity index is 672. The lowest BCUT2D eigenvalue weighted by molar-refractivity contribution is -0.281. The van der Waals surface area contributed by atoms with Gasteiger partial charge in [0.1, 0.15) is 29.9 Å². The van der Waals surface area contributed by atoms with Crippen LogP contribution in [0.3, 0.4) is 0 Å². The van der Waals surface area contributed by atoms with Gasteiger partial charge in [0.25, 0.3) is 0 Å². The highest BCUT2D eigenvalue weighted by molar-refractivity contribution is 5.67. The van der Waals surface area contributed by atoms with Gasteiger partial charge >= 0.3 is 17.9 Å². The van der Waals surface area contributed by atoms with Crippen LogP contribution in [-0.2, 0) is 52.3 Å². The van der Waals surface area contributed by atoms with Crippen molar-refractivity contribution in [2.24, 2.45) is 5.11 Å². The lowest BCUT2D eigenvalue weighted by Gasteiger charge is -2.39. The number of esters is 3. The predicted molar refractivity (Wildman–Crippen MR) is 112 cm³/mol. The van der Waals surface area contributed by atoms with Crippen LogP contribution in [0.4, 0.5) is 0 Å². The van der Waals surface area contributed by atoms with Crippen LogP contribution >= 0.6 is 0 Å². The van der Waals surface area contributed by atoms with E-state index in [0.717, 1.165) is 0 Å². The minimum absolute atomic E-state index is 0.0639. The number of nitrogens with zero attached hydrogens (tertiary/aromatic N) is 2. The molecule has 14 nitrogen and oxygen atoms in total. The Hall–Kier alpha value is -2.48. The smallest absolute Gasteiger partial charge is 0.303 e. The summed E-state index contributed by atoms with van der Waals surface area (Å²) in [5, 5.41) is 3.46. The summed E-state index contributed by atoms with van der Waals surface area (Å²) in [5.41, 5.74) is 6.51. The predicted octanol–water partition coefficient (Wildman–Crippen LogP) is 0.145. The van der Waals surface area contributed by atoms with Gasteiger partial charge < -0.3 is 37.9 Å². The summed E-state index contributed by atoms with van der Waals surface area (Å²) in [6.07, 6.45) is -3.31. The monoisotopic (exact) mass is 492 g/mol. The molecule has 1 aliphatic heterocycles. The topological polar surface area (TPSA) is 175 Å². The van der Waals surface area contributed by atoms with Crippen molar-refractivity contribution < 1.29 is 52.3 Å². The Morgan fingerprint density at radius 2 is 1.47 bits per heavy atom. The van der Waals surface area contributed by atoms with Gasteiger partial charge in [0.2, 0.25) is 4.91 Å². The summed E-state index contributed by atoms with van der Waals surface area (Å²) in [6.45, 7) is 6.14. The van der Waals surface area contributed by atoms with Crippen LogP contribution in [0.25, 0.3) is 0 Å². The van der Waals surface area contributed by atoms with Crippen LogP contribution in [0.15, 0.2) is 5.11 Å². The molecule has 1 heterocycles. The summed E-state index contributed by atoms with van der Waals surface area (Å²) >= 11 is 0. The molecule has 0 bridgehead atoms. The van der Waals surface area contributed by atoms with E-state index in [1.54, 1.807) is 0 Å². The minimum atomic E-state index is -1.05. The van der Waals surface area contributed by atoms with Gasteiger partial charge in [-0.1, -0.05) is 0 Å². The Kier molecular flexibility index (Phi) is 15.6. The molecule has 0 aromatic carbocycles. The molecule has 1 aliphatic rings. The molecule has 0 aromatic rings. The maximum atomic E-state index is 11.6. The second-order valence-corrected chi connectivity index (χ2v) is 7.06. The third-order valence-electron chi connectivity index (χ3n) is 4.21. The molecule has 194 valence electrons. The van der Waals surface area contributed by atoms with E-state index in [2.05, 4.69) is 10.0 Å². The summed E-state index contributed by atoms with van der Waals surface area (Å²) < 4.78 is 43.1. The van der Waals surface area contributed by atoms with E-state index < -0.39 is 42.5 Å². The van der Waals surface area contributed by atoms with Crippen LogP contribution in [0, 0.1) is 5.53 Å². The molecular formula is C20H34N3O11+. The first-order valence-electron chi connectivity index (χ1n) is 10.8. The van der Waals surface area contributed by atoms with E-state index in [9.17, 15) is 14.4 Å². The lowest BCUT2D eigenvalue weighted by Crippen LogP contribution is -2.54. The fraction of sp³-hybridized carbons (Fsp3) is 0.850. The zero-order valence-corrected chi connectivity index (χ0v) is 19.8. The maximum absolute atomic E-state index is 11.6. The Labute approximate surface area is 197 Å². The quantitative estimate of drug-likeness (QED) is 0.0961. The molecule has 0 unspecified atom stereocenters. The molecule has 0 aromatic heterocycles. The Balaban J connectivity index is 2.40. The van der Waals surface area contributed by atoms with Gasteiger partial charge in [0.05, 0.1) is 52.4 Å². The molecule has 1 fully saturated rings. The normalized spacial score (nSPS) is 21.9. The molecule has 0 aliphatic carbocycles. The molecule has 1 N–H and O–H groups in total. The molecule has 1 rings (SSSR count). The van der Waals surface area contributed by atoms with Crippen molar-refractivity contribution in [3.8, 4) is 0 Å². The van der Waals surface area contributed by atoms with Gasteiger partial charge in [-0.05, 0) is 0 Å². The van der Waals surface area contributed by atoms with Gasteiger partial charge in [-0.15, -0.1) is 0 Å². The van der Waals surface area contributed by atoms with Gasteiger partial charge in [0, 0.05) is 27.2 Å². The highest BCUT2D eigenvalue weighted by Crippen LogP contribution is 2.27. The molecule has 1 saturated heterocycles. The van der Waals surface area contributed by atoms with Crippen molar-refractivity contribution in [2.45, 2.75) is 51.8 Å². The third kappa shape index (κ3) is 13.9. The van der Waals surface area contributed by atoms with E-state index in [0.29, 0.717) is 39.6 Å². The number of carbonyl (C=O) groups excluding carboxylic acids is 3. The van der Waals surface area contributed by atoms with Crippen molar-refractivity contribution in [1.29, 1.82) is 5.53 Å². The Morgan fingerprint density at radius 1 is 0.882 bits per heavy atom. The molecule has 0 saturated carbocycles. The van der Waals surface area contributed by atoms with E-state index in [-0.39, 0.29) is 26.2 Å². The molecule has 0 amide bonds. The van der Waals surface area contributed by atoms with Crippen LogP contribution in [0.5, 0.6) is 0 Å². The summed E-state index contributed by atoms with van der Waals surface area (Å²) in [6, 6.07) is 0. The molecule has 14 heteroatoms. The number of ether oxygens (including phenoxy) is 8. The average molecular weight is 493 g/mol. The number of carbonyl (C=O) groups is 3. The van der Waals surface area contributed by atoms with E-state index in [1.807, 2.05) is 0 Å². The summed E-state index contributed by atoms with van der Waals surface area (Å²) in [4.78, 5) is 37.1. The first-order valence-corrected chi connectivity index (χ1v) is 10.8. The van der Waals surface area contributed by atoms with Crippen LogP contribution < -0.4 is 4.91 Å². The second-order valence-electron chi connectivity index (χ2n) is 7.06. The minimum Gasteiger partial charge on any atom is -0.463 e. The highest BCUT2D eigenvalue weighted by Gasteiger charge is 2.44. The van der Waals surface area contributed by atoms with Crippen LogP contribution in [-0.4, -0.2) is 102 Å². The van der Waals surface area contributed by atoms with Gasteiger partial charge in [-0.2, -0.15) is 0 Å². The molecule has 4 atom stereocenters. The largest absolute Gasteiger partial charge is 0.463 e. The second kappa shape index (κ2) is 17.9. The standard InChI is InChI=1S/C20H34N3O11/c1-14(24)31-13-17-12-18(32-15(2)25)19(33-16(3)26)20(34-17)30-11-10-29-9-8-28-7-6-27-5-4-22-23-21/h17-21H,4-13H2,1-3H3/q+1/t17-,18-,19+,20+/m0/s1. The van der Waals surface area contributed by atoms with Gasteiger partial charge in [0.15, 0.2) is 12.4 Å². The number of hydrogen-bond acceptors (Lipinski definition) is 13. The van der Waals surface area contributed by atoms with Crippen molar-refractivity contribution in [2.75, 3.05) is 59.4 Å². The molecule has 34 heavy (non-hydrogen) atoms. The maximum Gasteiger partial charge on any atom is 0.303 e. The SMILES string of the molecule is CC(=O)OC[C@@H]1C[C@H](OC(C)=O)[C@@H](OC(C)=O)[C@H](OCCOCCOCCOCCN=[N+]=N)O1. The first-order chi connectivity index (χ1) is 16.3. The third-order valence-corrected chi connectivity index (χ3v) is 4.21. The number of rotatable bonds is 17. The zero-order chi connectivity index (χ0) is 25.2. The van der Waals surface area contributed by atoms with Crippen molar-refractivity contribution in [3.05, 3.63) is 0 Å². The van der Waals surface area contributed by atoms with Crippen molar-refractivity contribution >= 4 is 17.9 Å². The van der Waals surface area contributed by atoms with Crippen LogP contribution in [0.2, 0.25) is 0 Å². The summed E-state index contributed by atoms with van der Waals surface area (Å²) in [7, 11) is 0. The van der Waals surface area contributed by atoms with E-state index in [1.165, 1.54) is 20.8 Å². The van der Waals surface area contributed by atoms with Crippen molar-refractivity contribution in [3.63, 3.8) is 0 Å². The fourth-order valence-electron chi connectivity index (χ4n) is 2.91. The zero-order valence-electron chi connectivity index (χ0n) is 19.8. The molecule has 0 radical (unpaired) electrons. The fourth-order valence-corrected chi connectivity index (χ4v) is 2.91. The van der Waals surface area contributed by atoms with E-state index >= 15 is 0 Å². The number of nitrogens with one attached hydrogen (secondary N) is 1. The highest BCUT2D eigenvalue weighted by atomic mass is 16.7. The first kappa shape index (κ1) is 29.6. The lowest BCUT2D eigenvalue weighted by atomic mass is 10.0. The summed E-state index contributed by atoms with van der Waals surface area (Å²) in [5.74, 6) is -1.62. The van der Waals surface area contributed by atoms with Crippen molar-refractivity contribution in [1.82, 2.24) is 4.91 Å². The van der Waals surface area contributed by atoms with Gasteiger partial charge in [-0.3, -0.25) is 14.4 Å². The average Bonchev–Trinajstić information content (AvgIpc) is 2.76. The van der Waals surface area contributed by atoms with Gasteiger partial charge in [-0.25, -0.2) is 0 Å². The van der Waals surface area contributed by atoms with E-state index in [4.69, 9.17) is 43.4 Å². The number of hydrogen-bond donors (Lipinski definition) is 1.